The van der Waals surface area contributed by atoms with E-state index in [9.17, 15) is 9.59 Å². The van der Waals surface area contributed by atoms with Crippen molar-refractivity contribution < 1.29 is 23.5 Å². The molecule has 0 spiro atoms. The van der Waals surface area contributed by atoms with Crippen LogP contribution in [-0.4, -0.2) is 42.0 Å². The van der Waals surface area contributed by atoms with Crippen molar-refractivity contribution >= 4 is 23.0 Å². The summed E-state index contributed by atoms with van der Waals surface area (Å²) < 4.78 is 16.2. The summed E-state index contributed by atoms with van der Waals surface area (Å²) in [7, 11) is 1.56. The number of methoxy groups -OCH3 is 1. The van der Waals surface area contributed by atoms with Crippen LogP contribution in [0.25, 0.3) is 11.1 Å². The van der Waals surface area contributed by atoms with Crippen molar-refractivity contribution in [2.45, 2.75) is 19.6 Å². The first kappa shape index (κ1) is 19.6. The molecule has 3 rings (SSSR count). The third kappa shape index (κ3) is 4.75. The quantitative estimate of drug-likeness (QED) is 0.557. The predicted octanol–water partition coefficient (Wildman–Crippen LogP) is 3.11. The van der Waals surface area contributed by atoms with Gasteiger partial charge in [0.25, 0.3) is 5.91 Å². The van der Waals surface area contributed by atoms with Crippen LogP contribution in [-0.2, 0) is 25.6 Å². The SMILES string of the molecule is COCCN(Cc1nc2ccccc2o1)C(=O)C(OC(C)=O)c1ccccc1. The van der Waals surface area contributed by atoms with Gasteiger partial charge < -0.3 is 18.8 Å². The summed E-state index contributed by atoms with van der Waals surface area (Å²) in [4.78, 5) is 30.8. The van der Waals surface area contributed by atoms with Crippen molar-refractivity contribution in [3.8, 4) is 0 Å². The lowest BCUT2D eigenvalue weighted by Gasteiger charge is -2.26. The number of carbonyl (C=O) groups excluding carboxylic acids is 2. The Balaban J connectivity index is 1.87. The fraction of sp³-hybridized carbons (Fsp3) is 0.286. The summed E-state index contributed by atoms with van der Waals surface area (Å²) in [6.07, 6.45) is -1.04. The number of hydrogen-bond acceptors (Lipinski definition) is 6. The Morgan fingerprint density at radius 2 is 1.82 bits per heavy atom. The van der Waals surface area contributed by atoms with E-state index in [1.165, 1.54) is 11.8 Å². The van der Waals surface area contributed by atoms with E-state index in [-0.39, 0.29) is 12.5 Å². The number of amides is 1. The fourth-order valence-corrected chi connectivity index (χ4v) is 2.84. The van der Waals surface area contributed by atoms with Crippen LogP contribution in [0.3, 0.4) is 0 Å². The number of esters is 1. The van der Waals surface area contributed by atoms with E-state index in [1.807, 2.05) is 30.3 Å². The second-order valence-electron chi connectivity index (χ2n) is 6.23. The summed E-state index contributed by atoms with van der Waals surface area (Å²) in [5.74, 6) is -0.489. The Bertz CT molecular complexity index is 905. The van der Waals surface area contributed by atoms with Crippen molar-refractivity contribution in [3.05, 3.63) is 66.1 Å². The molecule has 0 saturated carbocycles. The highest BCUT2D eigenvalue weighted by Gasteiger charge is 2.29. The molecule has 0 bridgehead atoms. The average molecular weight is 382 g/mol. The highest BCUT2D eigenvalue weighted by molar-refractivity contribution is 5.84. The lowest BCUT2D eigenvalue weighted by Crippen LogP contribution is -2.38. The number of hydrogen-bond donors (Lipinski definition) is 0. The molecular formula is C21H22N2O5. The van der Waals surface area contributed by atoms with Crippen molar-refractivity contribution in [2.24, 2.45) is 0 Å². The van der Waals surface area contributed by atoms with E-state index in [4.69, 9.17) is 13.9 Å². The molecule has 0 N–H and O–H groups in total. The zero-order valence-corrected chi connectivity index (χ0v) is 15.8. The molecule has 0 aliphatic heterocycles. The first-order valence-electron chi connectivity index (χ1n) is 8.93. The summed E-state index contributed by atoms with van der Waals surface area (Å²) in [5.41, 5.74) is 1.97. The molecule has 1 amide bonds. The number of aromatic nitrogens is 1. The molecule has 1 aromatic heterocycles. The summed E-state index contributed by atoms with van der Waals surface area (Å²) in [6, 6.07) is 16.3. The van der Waals surface area contributed by atoms with Gasteiger partial charge in [-0.3, -0.25) is 9.59 Å². The number of ether oxygens (including phenoxy) is 2. The minimum absolute atomic E-state index is 0.140. The van der Waals surface area contributed by atoms with Gasteiger partial charge >= 0.3 is 5.97 Å². The predicted molar refractivity (Wildman–Crippen MR) is 102 cm³/mol. The van der Waals surface area contributed by atoms with Gasteiger partial charge in [-0.15, -0.1) is 0 Å². The molecule has 2 aromatic carbocycles. The zero-order chi connectivity index (χ0) is 19.9. The highest BCUT2D eigenvalue weighted by atomic mass is 16.5. The van der Waals surface area contributed by atoms with Crippen LogP contribution in [0.15, 0.2) is 59.0 Å². The van der Waals surface area contributed by atoms with Crippen LogP contribution in [0.4, 0.5) is 0 Å². The number of oxazole rings is 1. The maximum absolute atomic E-state index is 13.2. The molecule has 0 aliphatic rings. The van der Waals surface area contributed by atoms with Gasteiger partial charge in [0, 0.05) is 26.1 Å². The van der Waals surface area contributed by atoms with Crippen LogP contribution >= 0.6 is 0 Å². The van der Waals surface area contributed by atoms with Crippen LogP contribution in [0.5, 0.6) is 0 Å². The fourth-order valence-electron chi connectivity index (χ4n) is 2.84. The molecular weight excluding hydrogens is 360 g/mol. The summed E-state index contributed by atoms with van der Waals surface area (Å²) in [5, 5.41) is 0. The highest BCUT2D eigenvalue weighted by Crippen LogP contribution is 2.23. The topological polar surface area (TPSA) is 81.9 Å². The number of benzene rings is 2. The maximum atomic E-state index is 13.2. The molecule has 0 fully saturated rings. The molecule has 1 heterocycles. The van der Waals surface area contributed by atoms with Crippen molar-refractivity contribution in [1.29, 1.82) is 0 Å². The largest absolute Gasteiger partial charge is 0.447 e. The molecule has 7 nitrogen and oxygen atoms in total. The number of fused-ring (bicyclic) bond motifs is 1. The van der Waals surface area contributed by atoms with Crippen LogP contribution < -0.4 is 0 Å². The van der Waals surface area contributed by atoms with Crippen molar-refractivity contribution in [2.75, 3.05) is 20.3 Å². The summed E-state index contributed by atoms with van der Waals surface area (Å²) in [6.45, 7) is 2.05. The van der Waals surface area contributed by atoms with Gasteiger partial charge in [0.05, 0.1) is 13.2 Å². The second-order valence-corrected chi connectivity index (χ2v) is 6.23. The Labute approximate surface area is 162 Å². The molecule has 0 aliphatic carbocycles. The zero-order valence-electron chi connectivity index (χ0n) is 15.8. The first-order chi connectivity index (χ1) is 13.6. The molecule has 0 saturated heterocycles. The Morgan fingerprint density at radius 3 is 2.50 bits per heavy atom. The molecule has 1 unspecified atom stereocenters. The number of rotatable bonds is 8. The molecule has 7 heteroatoms. The summed E-state index contributed by atoms with van der Waals surface area (Å²) >= 11 is 0. The van der Waals surface area contributed by atoms with Crippen LogP contribution in [0, 0.1) is 0 Å². The lowest BCUT2D eigenvalue weighted by molar-refractivity contribution is -0.160. The standard InChI is InChI=1S/C21H22N2O5/c1-15(24)27-20(16-8-4-3-5-9-16)21(25)23(12-13-26-2)14-19-22-17-10-6-7-11-18(17)28-19/h3-11,20H,12-14H2,1-2H3. The van der Waals surface area contributed by atoms with Gasteiger partial charge in [-0.1, -0.05) is 42.5 Å². The van der Waals surface area contributed by atoms with Gasteiger partial charge in [-0.2, -0.15) is 0 Å². The lowest BCUT2D eigenvalue weighted by atomic mass is 10.1. The third-order valence-electron chi connectivity index (χ3n) is 4.15. The molecule has 0 radical (unpaired) electrons. The molecule has 146 valence electrons. The van der Waals surface area contributed by atoms with E-state index in [0.717, 1.165) is 5.52 Å². The third-order valence-corrected chi connectivity index (χ3v) is 4.15. The van der Waals surface area contributed by atoms with Crippen LogP contribution in [0.2, 0.25) is 0 Å². The monoisotopic (exact) mass is 382 g/mol. The van der Waals surface area contributed by atoms with E-state index < -0.39 is 12.1 Å². The molecule has 3 aromatic rings. The van der Waals surface area contributed by atoms with E-state index >= 15 is 0 Å². The van der Waals surface area contributed by atoms with E-state index in [0.29, 0.717) is 30.2 Å². The van der Waals surface area contributed by atoms with Crippen molar-refractivity contribution in [1.82, 2.24) is 9.88 Å². The number of carbonyl (C=O) groups is 2. The molecule has 28 heavy (non-hydrogen) atoms. The minimum atomic E-state index is -1.04. The normalized spacial score (nSPS) is 11.9. The maximum Gasteiger partial charge on any atom is 0.303 e. The smallest absolute Gasteiger partial charge is 0.303 e. The minimum Gasteiger partial charge on any atom is -0.447 e. The Hall–Kier alpha value is -3.19. The Kier molecular flexibility index (Phi) is 6.39. The second kappa shape index (κ2) is 9.14. The van der Waals surface area contributed by atoms with Gasteiger partial charge in [0.1, 0.15) is 5.52 Å². The first-order valence-corrected chi connectivity index (χ1v) is 8.93. The Morgan fingerprint density at radius 1 is 1.11 bits per heavy atom. The molecule has 1 atom stereocenters. The van der Waals surface area contributed by atoms with Crippen LogP contribution in [0.1, 0.15) is 24.5 Å². The van der Waals surface area contributed by atoms with Gasteiger partial charge in [-0.05, 0) is 12.1 Å². The van der Waals surface area contributed by atoms with E-state index in [1.54, 1.807) is 31.4 Å². The van der Waals surface area contributed by atoms with Gasteiger partial charge in [-0.25, -0.2) is 4.98 Å². The van der Waals surface area contributed by atoms with Crippen molar-refractivity contribution in [3.63, 3.8) is 0 Å². The number of para-hydroxylation sites is 2. The van der Waals surface area contributed by atoms with Gasteiger partial charge in [0.15, 0.2) is 5.58 Å². The number of nitrogens with zero attached hydrogens (tertiary/aromatic N) is 2. The average Bonchev–Trinajstić information content (AvgIpc) is 3.12. The van der Waals surface area contributed by atoms with E-state index in [2.05, 4.69) is 4.98 Å². The van der Waals surface area contributed by atoms with Gasteiger partial charge in [0.2, 0.25) is 12.0 Å².